The van der Waals surface area contributed by atoms with Gasteiger partial charge in [0.1, 0.15) is 12.1 Å². The van der Waals surface area contributed by atoms with Crippen LogP contribution in [-0.4, -0.2) is 12.6 Å². The minimum absolute atomic E-state index is 0.273. The third kappa shape index (κ3) is 2.19. The molecule has 0 aromatic heterocycles. The highest BCUT2D eigenvalue weighted by Gasteiger charge is 2.32. The van der Waals surface area contributed by atoms with Crippen molar-refractivity contribution < 1.29 is 4.74 Å². The van der Waals surface area contributed by atoms with Crippen molar-refractivity contribution in [1.29, 1.82) is 0 Å². The predicted octanol–water partition coefficient (Wildman–Crippen LogP) is 2.91. The Bertz CT molecular complexity index is 604. The van der Waals surface area contributed by atoms with Crippen molar-refractivity contribution >= 4 is 6.02 Å². The largest absolute Gasteiger partial charge is 0.462 e. The summed E-state index contributed by atoms with van der Waals surface area (Å²) in [7, 11) is 0. The lowest BCUT2D eigenvalue weighted by Gasteiger charge is -2.18. The zero-order chi connectivity index (χ0) is 13.3. The number of nitrogens with two attached hydrogens (primary N) is 1. The van der Waals surface area contributed by atoms with Gasteiger partial charge in [-0.25, -0.2) is 4.99 Å². The first-order valence-electron chi connectivity index (χ1n) is 6.31. The van der Waals surface area contributed by atoms with Crippen LogP contribution in [0.1, 0.15) is 12.5 Å². The third-order valence-electron chi connectivity index (χ3n) is 3.47. The second kappa shape index (κ2) is 4.43. The molecular weight excluding hydrogens is 236 g/mol. The lowest BCUT2D eigenvalue weighted by atomic mass is 9.92. The molecule has 1 atom stereocenters. The standard InChI is InChI=1S/C16H16N2O/c1-16(11-19-15(17)18-16)14-9-7-13(8-10-14)12-5-3-2-4-6-12/h2-10H,11H2,1H3,(H2,17,18). The second-order valence-electron chi connectivity index (χ2n) is 4.96. The Morgan fingerprint density at radius 2 is 1.63 bits per heavy atom. The maximum Gasteiger partial charge on any atom is 0.283 e. The van der Waals surface area contributed by atoms with Crippen molar-refractivity contribution in [3.8, 4) is 11.1 Å². The highest BCUT2D eigenvalue weighted by molar-refractivity contribution is 5.74. The van der Waals surface area contributed by atoms with Crippen LogP contribution in [0.2, 0.25) is 0 Å². The SMILES string of the molecule is CC1(c2ccc(-c3ccccc3)cc2)COC(N)=N1. The highest BCUT2D eigenvalue weighted by atomic mass is 16.5. The fraction of sp³-hybridized carbons (Fsp3) is 0.188. The van der Waals surface area contributed by atoms with Crippen molar-refractivity contribution in [3.05, 3.63) is 60.2 Å². The monoisotopic (exact) mass is 252 g/mol. The van der Waals surface area contributed by atoms with Gasteiger partial charge in [0.25, 0.3) is 6.02 Å². The van der Waals surface area contributed by atoms with E-state index in [0.29, 0.717) is 6.61 Å². The lowest BCUT2D eigenvalue weighted by Crippen LogP contribution is -2.20. The van der Waals surface area contributed by atoms with Gasteiger partial charge in [-0.2, -0.15) is 0 Å². The van der Waals surface area contributed by atoms with E-state index in [4.69, 9.17) is 10.5 Å². The fourth-order valence-corrected chi connectivity index (χ4v) is 2.32. The smallest absolute Gasteiger partial charge is 0.283 e. The molecule has 3 heteroatoms. The summed E-state index contributed by atoms with van der Waals surface area (Å²) in [6, 6.07) is 19.0. The normalized spacial score (nSPS) is 21.8. The van der Waals surface area contributed by atoms with E-state index >= 15 is 0 Å². The Morgan fingerprint density at radius 1 is 1.00 bits per heavy atom. The van der Waals surface area contributed by atoms with E-state index in [-0.39, 0.29) is 11.6 Å². The summed E-state index contributed by atoms with van der Waals surface area (Å²) < 4.78 is 5.27. The van der Waals surface area contributed by atoms with Crippen LogP contribution in [0.25, 0.3) is 11.1 Å². The molecule has 0 fully saturated rings. The Labute approximate surface area is 112 Å². The van der Waals surface area contributed by atoms with E-state index < -0.39 is 0 Å². The number of amidine groups is 1. The number of hydrogen-bond acceptors (Lipinski definition) is 3. The van der Waals surface area contributed by atoms with Crippen LogP contribution in [0.4, 0.5) is 0 Å². The van der Waals surface area contributed by atoms with E-state index in [2.05, 4.69) is 41.4 Å². The zero-order valence-electron chi connectivity index (χ0n) is 10.8. The maximum atomic E-state index is 5.60. The molecule has 1 unspecified atom stereocenters. The second-order valence-corrected chi connectivity index (χ2v) is 4.96. The van der Waals surface area contributed by atoms with Gasteiger partial charge in [-0.1, -0.05) is 54.6 Å². The van der Waals surface area contributed by atoms with Gasteiger partial charge >= 0.3 is 0 Å². The molecule has 2 aromatic rings. The molecule has 0 amide bonds. The maximum absolute atomic E-state index is 5.60. The molecule has 1 aliphatic heterocycles. The molecule has 2 aromatic carbocycles. The van der Waals surface area contributed by atoms with Crippen LogP contribution in [0.5, 0.6) is 0 Å². The fourth-order valence-electron chi connectivity index (χ4n) is 2.32. The minimum Gasteiger partial charge on any atom is -0.462 e. The van der Waals surface area contributed by atoms with E-state index in [9.17, 15) is 0 Å². The topological polar surface area (TPSA) is 47.6 Å². The molecule has 0 saturated heterocycles. The molecule has 0 bridgehead atoms. The van der Waals surface area contributed by atoms with E-state index in [1.165, 1.54) is 11.1 Å². The van der Waals surface area contributed by atoms with Gasteiger partial charge in [0.2, 0.25) is 0 Å². The average molecular weight is 252 g/mol. The number of aliphatic imine (C=N–C) groups is 1. The lowest BCUT2D eigenvalue weighted by molar-refractivity contribution is 0.266. The van der Waals surface area contributed by atoms with E-state index in [1.54, 1.807) is 0 Å². The number of hydrogen-bond donors (Lipinski definition) is 1. The minimum atomic E-state index is -0.362. The van der Waals surface area contributed by atoms with Crippen LogP contribution in [0.15, 0.2) is 59.6 Å². The first kappa shape index (κ1) is 11.8. The van der Waals surface area contributed by atoms with Crippen LogP contribution < -0.4 is 5.73 Å². The molecular formula is C16H16N2O. The van der Waals surface area contributed by atoms with Crippen LogP contribution in [0, 0.1) is 0 Å². The van der Waals surface area contributed by atoms with Gasteiger partial charge in [0.05, 0.1) is 0 Å². The third-order valence-corrected chi connectivity index (χ3v) is 3.47. The van der Waals surface area contributed by atoms with Crippen molar-refractivity contribution in [3.63, 3.8) is 0 Å². The summed E-state index contributed by atoms with van der Waals surface area (Å²) in [5.41, 5.74) is 8.76. The quantitative estimate of drug-likeness (QED) is 0.893. The number of benzene rings is 2. The van der Waals surface area contributed by atoms with Gasteiger partial charge in [-0.05, 0) is 23.6 Å². The molecule has 0 radical (unpaired) electrons. The molecule has 0 aliphatic carbocycles. The summed E-state index contributed by atoms with van der Waals surface area (Å²) in [5, 5.41) is 0. The van der Waals surface area contributed by atoms with Crippen LogP contribution >= 0.6 is 0 Å². The van der Waals surface area contributed by atoms with Gasteiger partial charge in [-0.3, -0.25) is 0 Å². The molecule has 96 valence electrons. The Kier molecular flexibility index (Phi) is 2.75. The first-order chi connectivity index (χ1) is 9.17. The van der Waals surface area contributed by atoms with Crippen molar-refractivity contribution in [2.45, 2.75) is 12.5 Å². The molecule has 1 heterocycles. The van der Waals surface area contributed by atoms with Gasteiger partial charge < -0.3 is 10.5 Å². The zero-order valence-corrected chi connectivity index (χ0v) is 10.8. The molecule has 3 nitrogen and oxygen atoms in total. The Balaban J connectivity index is 1.92. The van der Waals surface area contributed by atoms with Crippen molar-refractivity contribution in [2.24, 2.45) is 10.7 Å². The molecule has 19 heavy (non-hydrogen) atoms. The van der Waals surface area contributed by atoms with Crippen molar-refractivity contribution in [1.82, 2.24) is 0 Å². The number of ether oxygens (including phenoxy) is 1. The number of nitrogens with zero attached hydrogens (tertiary/aromatic N) is 1. The predicted molar refractivity (Wildman–Crippen MR) is 76.8 cm³/mol. The number of rotatable bonds is 2. The van der Waals surface area contributed by atoms with E-state index in [0.717, 1.165) is 5.56 Å². The Morgan fingerprint density at radius 3 is 2.21 bits per heavy atom. The highest BCUT2D eigenvalue weighted by Crippen LogP contribution is 2.31. The van der Waals surface area contributed by atoms with Crippen LogP contribution in [0.3, 0.4) is 0 Å². The summed E-state index contributed by atoms with van der Waals surface area (Å²) in [6.07, 6.45) is 0. The molecule has 0 saturated carbocycles. The summed E-state index contributed by atoms with van der Waals surface area (Å²) in [6.45, 7) is 2.54. The summed E-state index contributed by atoms with van der Waals surface area (Å²) in [4.78, 5) is 4.37. The first-order valence-corrected chi connectivity index (χ1v) is 6.31. The molecule has 1 aliphatic rings. The average Bonchev–Trinajstić information content (AvgIpc) is 2.81. The van der Waals surface area contributed by atoms with Crippen LogP contribution in [-0.2, 0) is 10.3 Å². The summed E-state index contributed by atoms with van der Waals surface area (Å²) >= 11 is 0. The van der Waals surface area contributed by atoms with Gasteiger partial charge in [0.15, 0.2) is 0 Å². The van der Waals surface area contributed by atoms with Gasteiger partial charge in [0, 0.05) is 0 Å². The van der Waals surface area contributed by atoms with Crippen molar-refractivity contribution in [2.75, 3.05) is 6.61 Å². The molecule has 3 rings (SSSR count). The summed E-state index contributed by atoms with van der Waals surface area (Å²) in [5.74, 6) is 0. The molecule has 2 N–H and O–H groups in total. The van der Waals surface area contributed by atoms with Gasteiger partial charge in [-0.15, -0.1) is 0 Å². The Hall–Kier alpha value is -2.29. The molecule has 0 spiro atoms. The van der Waals surface area contributed by atoms with E-state index in [1.807, 2.05) is 25.1 Å².